The summed E-state index contributed by atoms with van der Waals surface area (Å²) < 4.78 is 0. The summed E-state index contributed by atoms with van der Waals surface area (Å²) in [6.07, 6.45) is 2.10. The van der Waals surface area contributed by atoms with Crippen molar-refractivity contribution in [2.75, 3.05) is 5.32 Å². The van der Waals surface area contributed by atoms with E-state index in [4.69, 9.17) is 0 Å². The number of amides is 1. The average Bonchev–Trinajstić information content (AvgIpc) is 2.45. The zero-order chi connectivity index (χ0) is 14.3. The highest BCUT2D eigenvalue weighted by Crippen LogP contribution is 2.40. The molecule has 2 aromatic rings. The highest BCUT2D eigenvalue weighted by Gasteiger charge is 2.31. The predicted octanol–water partition coefficient (Wildman–Crippen LogP) is 2.58. The van der Waals surface area contributed by atoms with E-state index in [1.165, 1.54) is 0 Å². The van der Waals surface area contributed by atoms with Crippen LogP contribution in [0.5, 0.6) is 0 Å². The predicted molar refractivity (Wildman–Crippen MR) is 75.1 cm³/mol. The Morgan fingerprint density at radius 3 is 3.00 bits per heavy atom. The number of aromatic nitrogens is 2. The van der Waals surface area contributed by atoms with Crippen LogP contribution in [0.4, 0.5) is 5.82 Å². The molecule has 0 spiro atoms. The summed E-state index contributed by atoms with van der Waals surface area (Å²) in [6.45, 7) is 4.18. The van der Waals surface area contributed by atoms with E-state index in [9.17, 15) is 10.1 Å². The number of carbonyl (C=O) groups is 1. The lowest BCUT2D eigenvalue weighted by Gasteiger charge is -2.28. The fourth-order valence-corrected chi connectivity index (χ4v) is 2.77. The number of nitriles is 1. The van der Waals surface area contributed by atoms with Crippen molar-refractivity contribution < 1.29 is 4.79 Å². The van der Waals surface area contributed by atoms with E-state index in [2.05, 4.69) is 35.2 Å². The van der Waals surface area contributed by atoms with Gasteiger partial charge in [-0.25, -0.2) is 4.98 Å². The third-order valence-corrected chi connectivity index (χ3v) is 3.75. The van der Waals surface area contributed by atoms with Crippen LogP contribution in [0.1, 0.15) is 37.4 Å². The molecule has 0 saturated carbocycles. The first kappa shape index (κ1) is 12.5. The van der Waals surface area contributed by atoms with Gasteiger partial charge in [-0.05, 0) is 17.9 Å². The van der Waals surface area contributed by atoms with E-state index in [1.807, 2.05) is 12.1 Å². The van der Waals surface area contributed by atoms with Crippen molar-refractivity contribution in [2.45, 2.75) is 26.2 Å². The summed E-state index contributed by atoms with van der Waals surface area (Å²) in [5.74, 6) is 0.886. The van der Waals surface area contributed by atoms with Gasteiger partial charge in [0.25, 0.3) is 0 Å². The maximum Gasteiger partial charge on any atom is 0.226 e. The van der Waals surface area contributed by atoms with Gasteiger partial charge in [-0.2, -0.15) is 5.26 Å². The van der Waals surface area contributed by atoms with Crippen molar-refractivity contribution >= 4 is 22.6 Å². The molecule has 0 fully saturated rings. The Morgan fingerprint density at radius 1 is 1.50 bits per heavy atom. The highest BCUT2D eigenvalue weighted by atomic mass is 16.1. The fraction of sp³-hybridized carbons (Fsp3) is 0.333. The van der Waals surface area contributed by atoms with Crippen molar-refractivity contribution in [1.82, 2.24) is 9.97 Å². The molecule has 1 aliphatic rings. The number of hydrogen-bond acceptors (Lipinski definition) is 4. The van der Waals surface area contributed by atoms with Crippen LogP contribution in [0.25, 0.3) is 10.9 Å². The Balaban J connectivity index is 2.38. The lowest BCUT2D eigenvalue weighted by atomic mass is 9.81. The molecule has 0 aliphatic carbocycles. The molecule has 0 saturated heterocycles. The maximum atomic E-state index is 11.8. The fourth-order valence-electron chi connectivity index (χ4n) is 2.77. The normalized spacial score (nSPS) is 17.7. The smallest absolute Gasteiger partial charge is 0.226 e. The van der Waals surface area contributed by atoms with Crippen LogP contribution in [-0.4, -0.2) is 15.9 Å². The zero-order valence-corrected chi connectivity index (χ0v) is 11.3. The largest absolute Gasteiger partial charge is 0.310 e. The third kappa shape index (κ3) is 1.81. The minimum Gasteiger partial charge on any atom is -0.310 e. The van der Waals surface area contributed by atoms with E-state index in [0.29, 0.717) is 23.7 Å². The lowest BCUT2D eigenvalue weighted by Crippen LogP contribution is -2.27. The molecule has 1 atom stereocenters. The number of rotatable bonds is 1. The first-order valence-corrected chi connectivity index (χ1v) is 6.60. The standard InChI is InChI=1S/C15H14N4O/c1-8(2)10-6-12(20)19-15-13(10)9-4-3-5-17-14(9)11(7-16)18-15/h3-5,8,10H,6H2,1-2H3,(H,18,19,20). The van der Waals surface area contributed by atoms with Gasteiger partial charge in [-0.1, -0.05) is 19.9 Å². The molecule has 3 rings (SSSR count). The molecule has 1 N–H and O–H groups in total. The van der Waals surface area contributed by atoms with Crippen molar-refractivity contribution in [3.63, 3.8) is 0 Å². The Kier molecular flexibility index (Phi) is 2.87. The molecule has 5 nitrogen and oxygen atoms in total. The molecule has 1 unspecified atom stereocenters. The molecule has 0 radical (unpaired) electrons. The SMILES string of the molecule is CC(C)C1CC(=O)Nc2nc(C#N)c3ncccc3c21. The van der Waals surface area contributed by atoms with Crippen molar-refractivity contribution in [3.8, 4) is 6.07 Å². The number of anilines is 1. The molecule has 1 aliphatic heterocycles. The van der Waals surface area contributed by atoms with Crippen LogP contribution < -0.4 is 5.32 Å². The van der Waals surface area contributed by atoms with E-state index >= 15 is 0 Å². The van der Waals surface area contributed by atoms with Crippen molar-refractivity contribution in [3.05, 3.63) is 29.6 Å². The van der Waals surface area contributed by atoms with Crippen LogP contribution in [0.3, 0.4) is 0 Å². The number of carbonyl (C=O) groups excluding carboxylic acids is 1. The van der Waals surface area contributed by atoms with Crippen molar-refractivity contribution in [1.29, 1.82) is 5.26 Å². The van der Waals surface area contributed by atoms with Crippen molar-refractivity contribution in [2.24, 2.45) is 5.92 Å². The minimum absolute atomic E-state index is 0.0455. The van der Waals surface area contributed by atoms with Crippen LogP contribution in [0, 0.1) is 17.2 Å². The van der Waals surface area contributed by atoms with Gasteiger partial charge in [0.15, 0.2) is 5.69 Å². The lowest BCUT2D eigenvalue weighted by molar-refractivity contribution is -0.117. The van der Waals surface area contributed by atoms with Gasteiger partial charge in [-0.15, -0.1) is 0 Å². The summed E-state index contributed by atoms with van der Waals surface area (Å²) in [7, 11) is 0. The molecular formula is C15H14N4O. The van der Waals surface area contributed by atoms with Crippen LogP contribution in [0.15, 0.2) is 18.3 Å². The molecule has 20 heavy (non-hydrogen) atoms. The van der Waals surface area contributed by atoms with Crippen LogP contribution >= 0.6 is 0 Å². The second-order valence-electron chi connectivity index (χ2n) is 5.34. The first-order valence-electron chi connectivity index (χ1n) is 6.60. The summed E-state index contributed by atoms with van der Waals surface area (Å²) >= 11 is 0. The second-order valence-corrected chi connectivity index (χ2v) is 5.34. The second kappa shape index (κ2) is 4.57. The van der Waals surface area contributed by atoms with Gasteiger partial charge in [-0.3, -0.25) is 9.78 Å². The van der Waals surface area contributed by atoms with Gasteiger partial charge in [0, 0.05) is 23.6 Å². The first-order chi connectivity index (χ1) is 9.61. The maximum absolute atomic E-state index is 11.8. The zero-order valence-electron chi connectivity index (χ0n) is 11.3. The topological polar surface area (TPSA) is 78.7 Å². The van der Waals surface area contributed by atoms with Crippen LogP contribution in [0.2, 0.25) is 0 Å². The van der Waals surface area contributed by atoms with Crippen LogP contribution in [-0.2, 0) is 4.79 Å². The molecule has 5 heteroatoms. The Labute approximate surface area is 116 Å². The minimum atomic E-state index is -0.0455. The van der Waals surface area contributed by atoms with Gasteiger partial charge in [0.05, 0.1) is 0 Å². The summed E-state index contributed by atoms with van der Waals surface area (Å²) in [6, 6.07) is 5.84. The molecule has 3 heterocycles. The van der Waals surface area contributed by atoms with Gasteiger partial charge >= 0.3 is 0 Å². The molecule has 100 valence electrons. The molecule has 0 bridgehead atoms. The van der Waals surface area contributed by atoms with Gasteiger partial charge < -0.3 is 5.32 Å². The number of nitrogens with one attached hydrogen (secondary N) is 1. The van der Waals surface area contributed by atoms with E-state index in [0.717, 1.165) is 10.9 Å². The number of pyridine rings is 2. The Hall–Kier alpha value is -2.48. The molecule has 1 amide bonds. The number of fused-ring (bicyclic) bond motifs is 3. The number of nitrogens with zero attached hydrogens (tertiary/aromatic N) is 3. The van der Waals surface area contributed by atoms with Gasteiger partial charge in [0.1, 0.15) is 17.4 Å². The molecule has 2 aromatic heterocycles. The molecular weight excluding hydrogens is 252 g/mol. The summed E-state index contributed by atoms with van der Waals surface area (Å²) in [4.78, 5) is 20.4. The highest BCUT2D eigenvalue weighted by molar-refractivity contribution is 5.99. The molecule has 0 aromatic carbocycles. The van der Waals surface area contributed by atoms with E-state index in [1.54, 1.807) is 6.20 Å². The number of hydrogen-bond donors (Lipinski definition) is 1. The van der Waals surface area contributed by atoms with Gasteiger partial charge in [0.2, 0.25) is 5.91 Å². The van der Waals surface area contributed by atoms with E-state index in [-0.39, 0.29) is 17.5 Å². The van der Waals surface area contributed by atoms with E-state index < -0.39 is 0 Å². The Bertz CT molecular complexity index is 745. The average molecular weight is 266 g/mol. The third-order valence-electron chi connectivity index (χ3n) is 3.75. The quantitative estimate of drug-likeness (QED) is 0.860. The summed E-state index contributed by atoms with van der Waals surface area (Å²) in [5, 5.41) is 12.9. The summed E-state index contributed by atoms with van der Waals surface area (Å²) in [5.41, 5.74) is 1.86. The monoisotopic (exact) mass is 266 g/mol. The Morgan fingerprint density at radius 2 is 2.30 bits per heavy atom.